The monoisotopic (exact) mass is 294 g/mol. The molecule has 1 unspecified atom stereocenters. The topological polar surface area (TPSA) is 76.6 Å². The lowest BCUT2D eigenvalue weighted by Gasteiger charge is -2.34. The highest BCUT2D eigenvalue weighted by Gasteiger charge is 2.30. The maximum Gasteiger partial charge on any atom is 0.249 e. The number of rotatable bonds is 5. The van der Waals surface area contributed by atoms with Gasteiger partial charge in [0.05, 0.1) is 13.2 Å². The molecule has 1 aromatic rings. The van der Waals surface area contributed by atoms with Gasteiger partial charge in [-0.25, -0.2) is 9.97 Å². The van der Waals surface area contributed by atoms with Gasteiger partial charge in [0.1, 0.15) is 18.5 Å². The van der Waals surface area contributed by atoms with Crippen molar-refractivity contribution in [3.8, 4) is 0 Å². The second-order valence-corrected chi connectivity index (χ2v) is 5.21. The van der Waals surface area contributed by atoms with Gasteiger partial charge in [0.25, 0.3) is 0 Å². The van der Waals surface area contributed by atoms with Crippen LogP contribution in [-0.2, 0) is 14.3 Å². The first-order valence-corrected chi connectivity index (χ1v) is 7.07. The Morgan fingerprint density at radius 1 is 1.62 bits per heavy atom. The summed E-state index contributed by atoms with van der Waals surface area (Å²) >= 11 is 0. The normalized spacial score (nSPS) is 18.9. The van der Waals surface area contributed by atoms with Crippen LogP contribution in [0.3, 0.4) is 0 Å². The SMILES string of the molecule is COCC(=O)N1CCOCC1c1nccc(NC(C)C)n1. The predicted octanol–water partition coefficient (Wildman–Crippen LogP) is 0.843. The number of hydrogen-bond acceptors (Lipinski definition) is 6. The van der Waals surface area contributed by atoms with Gasteiger partial charge >= 0.3 is 0 Å². The van der Waals surface area contributed by atoms with Crippen LogP contribution in [0, 0.1) is 0 Å². The van der Waals surface area contributed by atoms with Crippen LogP contribution >= 0.6 is 0 Å². The van der Waals surface area contributed by atoms with Crippen LogP contribution in [-0.4, -0.2) is 60.3 Å². The average Bonchev–Trinajstić information content (AvgIpc) is 2.47. The van der Waals surface area contributed by atoms with Crippen molar-refractivity contribution in [1.29, 1.82) is 0 Å². The van der Waals surface area contributed by atoms with Crippen molar-refractivity contribution in [3.05, 3.63) is 18.1 Å². The fourth-order valence-electron chi connectivity index (χ4n) is 2.23. The van der Waals surface area contributed by atoms with Crippen LogP contribution in [0.2, 0.25) is 0 Å². The summed E-state index contributed by atoms with van der Waals surface area (Å²) in [5.41, 5.74) is 0. The lowest BCUT2D eigenvalue weighted by molar-refractivity contribution is -0.144. The molecule has 1 atom stereocenters. The fourth-order valence-corrected chi connectivity index (χ4v) is 2.23. The standard InChI is InChI=1S/C14H22N4O3/c1-10(2)16-12-4-5-15-14(17-12)11-8-21-7-6-18(11)13(19)9-20-3/h4-5,10-11H,6-9H2,1-3H3,(H,15,16,17). The largest absolute Gasteiger partial charge is 0.377 e. The molecule has 2 rings (SSSR count). The fraction of sp³-hybridized carbons (Fsp3) is 0.643. The van der Waals surface area contributed by atoms with E-state index in [1.54, 1.807) is 11.1 Å². The van der Waals surface area contributed by atoms with E-state index >= 15 is 0 Å². The Hall–Kier alpha value is -1.73. The Kier molecular flexibility index (Phi) is 5.46. The van der Waals surface area contributed by atoms with E-state index in [9.17, 15) is 4.79 Å². The second kappa shape index (κ2) is 7.33. The van der Waals surface area contributed by atoms with Gasteiger partial charge in [-0.1, -0.05) is 0 Å². The highest BCUT2D eigenvalue weighted by molar-refractivity contribution is 5.78. The van der Waals surface area contributed by atoms with E-state index in [1.807, 2.05) is 19.9 Å². The third-order valence-electron chi connectivity index (χ3n) is 3.13. The van der Waals surface area contributed by atoms with Crippen molar-refractivity contribution < 1.29 is 14.3 Å². The van der Waals surface area contributed by atoms with Crippen LogP contribution in [0.15, 0.2) is 12.3 Å². The Morgan fingerprint density at radius 2 is 2.43 bits per heavy atom. The zero-order chi connectivity index (χ0) is 15.2. The molecule has 1 saturated heterocycles. The summed E-state index contributed by atoms with van der Waals surface area (Å²) < 4.78 is 10.4. The van der Waals surface area contributed by atoms with Gasteiger partial charge in [-0.15, -0.1) is 0 Å². The molecule has 1 N–H and O–H groups in total. The van der Waals surface area contributed by atoms with Gasteiger partial charge in [-0.2, -0.15) is 0 Å². The molecular weight excluding hydrogens is 272 g/mol. The molecule has 7 nitrogen and oxygen atoms in total. The van der Waals surface area contributed by atoms with E-state index in [0.29, 0.717) is 25.6 Å². The summed E-state index contributed by atoms with van der Waals surface area (Å²) in [7, 11) is 1.51. The van der Waals surface area contributed by atoms with Crippen LogP contribution < -0.4 is 5.32 Å². The average molecular weight is 294 g/mol. The van der Waals surface area contributed by atoms with Crippen LogP contribution in [0.5, 0.6) is 0 Å². The van der Waals surface area contributed by atoms with Crippen LogP contribution in [0.1, 0.15) is 25.7 Å². The van der Waals surface area contributed by atoms with E-state index in [4.69, 9.17) is 9.47 Å². The lowest BCUT2D eigenvalue weighted by Crippen LogP contribution is -2.45. The molecule has 0 bridgehead atoms. The Morgan fingerprint density at radius 3 is 3.14 bits per heavy atom. The second-order valence-electron chi connectivity index (χ2n) is 5.21. The van der Waals surface area contributed by atoms with Crippen molar-refractivity contribution in [3.63, 3.8) is 0 Å². The molecule has 1 amide bonds. The summed E-state index contributed by atoms with van der Waals surface area (Å²) in [6, 6.07) is 1.83. The van der Waals surface area contributed by atoms with Gasteiger partial charge in [-0.3, -0.25) is 4.79 Å². The van der Waals surface area contributed by atoms with E-state index in [2.05, 4.69) is 15.3 Å². The third kappa shape index (κ3) is 4.12. The number of carbonyl (C=O) groups is 1. The van der Waals surface area contributed by atoms with Crippen molar-refractivity contribution in [2.75, 3.05) is 38.8 Å². The highest BCUT2D eigenvalue weighted by Crippen LogP contribution is 2.22. The number of amides is 1. The van der Waals surface area contributed by atoms with Crippen LogP contribution in [0.25, 0.3) is 0 Å². The van der Waals surface area contributed by atoms with E-state index in [0.717, 1.165) is 5.82 Å². The molecule has 21 heavy (non-hydrogen) atoms. The summed E-state index contributed by atoms with van der Waals surface area (Å²) in [5.74, 6) is 1.26. The van der Waals surface area contributed by atoms with Crippen LogP contribution in [0.4, 0.5) is 5.82 Å². The number of nitrogens with one attached hydrogen (secondary N) is 1. The third-order valence-corrected chi connectivity index (χ3v) is 3.13. The Balaban J connectivity index is 2.18. The van der Waals surface area contributed by atoms with E-state index in [1.165, 1.54) is 7.11 Å². The Bertz CT molecular complexity index is 481. The number of nitrogens with zero attached hydrogens (tertiary/aromatic N) is 3. The molecule has 0 spiro atoms. The number of hydrogen-bond donors (Lipinski definition) is 1. The molecule has 1 fully saturated rings. The molecule has 1 aliphatic rings. The van der Waals surface area contributed by atoms with Gasteiger partial charge < -0.3 is 19.7 Å². The van der Waals surface area contributed by atoms with Gasteiger partial charge in [0.15, 0.2) is 5.82 Å². The number of aromatic nitrogens is 2. The Labute approximate surface area is 124 Å². The molecule has 1 aliphatic heterocycles. The van der Waals surface area contributed by atoms with Crippen molar-refractivity contribution >= 4 is 11.7 Å². The molecule has 0 aromatic carbocycles. The first-order valence-electron chi connectivity index (χ1n) is 7.07. The highest BCUT2D eigenvalue weighted by atomic mass is 16.5. The molecular formula is C14H22N4O3. The van der Waals surface area contributed by atoms with Gasteiger partial charge in [0.2, 0.25) is 5.91 Å². The molecule has 0 radical (unpaired) electrons. The summed E-state index contributed by atoms with van der Waals surface area (Å²) in [6.07, 6.45) is 1.70. The quantitative estimate of drug-likeness (QED) is 0.867. The molecule has 116 valence electrons. The van der Waals surface area contributed by atoms with Crippen molar-refractivity contribution in [1.82, 2.24) is 14.9 Å². The maximum absolute atomic E-state index is 12.1. The van der Waals surface area contributed by atoms with Gasteiger partial charge in [0, 0.05) is 25.9 Å². The van der Waals surface area contributed by atoms with Crippen molar-refractivity contribution in [2.24, 2.45) is 0 Å². The molecule has 0 aliphatic carbocycles. The molecule has 0 saturated carbocycles. The first kappa shape index (κ1) is 15.7. The minimum absolute atomic E-state index is 0.0560. The minimum Gasteiger partial charge on any atom is -0.377 e. The molecule has 7 heteroatoms. The number of ether oxygens (including phenoxy) is 2. The predicted molar refractivity (Wildman–Crippen MR) is 77.9 cm³/mol. The minimum atomic E-state index is -0.268. The number of carbonyl (C=O) groups excluding carboxylic acids is 1. The van der Waals surface area contributed by atoms with E-state index < -0.39 is 0 Å². The lowest BCUT2D eigenvalue weighted by atomic mass is 10.2. The molecule has 1 aromatic heterocycles. The summed E-state index contributed by atoms with van der Waals surface area (Å²) in [4.78, 5) is 22.6. The molecule has 2 heterocycles. The number of methoxy groups -OCH3 is 1. The summed E-state index contributed by atoms with van der Waals surface area (Å²) in [5, 5.41) is 3.23. The van der Waals surface area contributed by atoms with Gasteiger partial charge in [-0.05, 0) is 19.9 Å². The number of morpholine rings is 1. The van der Waals surface area contributed by atoms with Crippen molar-refractivity contribution in [2.45, 2.75) is 25.9 Å². The zero-order valence-electron chi connectivity index (χ0n) is 12.7. The first-order chi connectivity index (χ1) is 10.1. The number of anilines is 1. The maximum atomic E-state index is 12.1. The smallest absolute Gasteiger partial charge is 0.249 e. The zero-order valence-corrected chi connectivity index (χ0v) is 12.7. The summed E-state index contributed by atoms with van der Waals surface area (Å²) in [6.45, 7) is 5.59. The van der Waals surface area contributed by atoms with E-state index in [-0.39, 0.29) is 24.6 Å².